The fraction of sp³-hybridized carbons (Fsp3) is 0.350. The highest BCUT2D eigenvalue weighted by molar-refractivity contribution is 7.09. The standard InChI is InChI=1S/C20H22N4O2S/c1-15-4-5-18-17(11-15)20(26)24(14-21-18)13-19(25)23-8-6-22(7-9-23)12-16-3-2-10-27-16/h2-5,10-11,14H,6-9,12-13H2,1H3. The first-order valence-electron chi connectivity index (χ1n) is 9.08. The Balaban J connectivity index is 1.40. The van der Waals surface area contributed by atoms with E-state index in [0.29, 0.717) is 24.0 Å². The summed E-state index contributed by atoms with van der Waals surface area (Å²) in [6, 6.07) is 9.81. The second kappa shape index (κ2) is 7.62. The molecule has 0 unspecified atom stereocenters. The van der Waals surface area contributed by atoms with Gasteiger partial charge in [0.25, 0.3) is 5.56 Å². The van der Waals surface area contributed by atoms with Gasteiger partial charge in [-0.05, 0) is 30.5 Å². The van der Waals surface area contributed by atoms with Crippen molar-refractivity contribution in [1.82, 2.24) is 19.4 Å². The first kappa shape index (κ1) is 17.9. The molecule has 3 heterocycles. The van der Waals surface area contributed by atoms with Crippen LogP contribution in [0, 0.1) is 6.92 Å². The number of aromatic nitrogens is 2. The lowest BCUT2D eigenvalue weighted by Gasteiger charge is -2.34. The van der Waals surface area contributed by atoms with E-state index < -0.39 is 0 Å². The first-order chi connectivity index (χ1) is 13.1. The molecule has 3 aromatic rings. The van der Waals surface area contributed by atoms with Gasteiger partial charge in [0.15, 0.2) is 0 Å². The SMILES string of the molecule is Cc1ccc2ncn(CC(=O)N3CCN(Cc4cccs4)CC3)c(=O)c2c1. The highest BCUT2D eigenvalue weighted by atomic mass is 32.1. The van der Waals surface area contributed by atoms with E-state index in [1.54, 1.807) is 11.3 Å². The highest BCUT2D eigenvalue weighted by Crippen LogP contribution is 2.14. The van der Waals surface area contributed by atoms with Crippen LogP contribution in [0.25, 0.3) is 10.9 Å². The Kier molecular flexibility index (Phi) is 5.05. The molecule has 0 radical (unpaired) electrons. The van der Waals surface area contributed by atoms with Crippen LogP contribution in [0.4, 0.5) is 0 Å². The maximum atomic E-state index is 12.7. The molecule has 6 nitrogen and oxygen atoms in total. The zero-order valence-electron chi connectivity index (χ0n) is 15.3. The largest absolute Gasteiger partial charge is 0.339 e. The smallest absolute Gasteiger partial charge is 0.261 e. The molecule has 0 saturated carbocycles. The minimum atomic E-state index is -0.159. The fourth-order valence-corrected chi connectivity index (χ4v) is 4.16. The van der Waals surface area contributed by atoms with E-state index in [0.717, 1.165) is 25.2 Å². The molecule has 0 bridgehead atoms. The molecule has 27 heavy (non-hydrogen) atoms. The van der Waals surface area contributed by atoms with Gasteiger partial charge < -0.3 is 4.90 Å². The van der Waals surface area contributed by atoms with Gasteiger partial charge in [0, 0.05) is 37.6 Å². The lowest BCUT2D eigenvalue weighted by molar-refractivity contribution is -0.133. The number of hydrogen-bond acceptors (Lipinski definition) is 5. The van der Waals surface area contributed by atoms with Crippen molar-refractivity contribution in [2.45, 2.75) is 20.0 Å². The number of amides is 1. The lowest BCUT2D eigenvalue weighted by atomic mass is 10.2. The molecule has 1 fully saturated rings. The van der Waals surface area contributed by atoms with Crippen LogP contribution in [0.15, 0.2) is 46.8 Å². The molecule has 1 aromatic carbocycles. The van der Waals surface area contributed by atoms with E-state index >= 15 is 0 Å². The van der Waals surface area contributed by atoms with Gasteiger partial charge in [-0.15, -0.1) is 11.3 Å². The van der Waals surface area contributed by atoms with Crippen molar-refractivity contribution in [3.05, 3.63) is 62.8 Å². The van der Waals surface area contributed by atoms with Gasteiger partial charge in [0.05, 0.1) is 17.2 Å². The van der Waals surface area contributed by atoms with Gasteiger partial charge in [0.2, 0.25) is 5.91 Å². The van der Waals surface area contributed by atoms with Gasteiger partial charge in [-0.2, -0.15) is 0 Å². The second-order valence-corrected chi connectivity index (χ2v) is 7.97. The molecule has 0 aliphatic carbocycles. The number of aryl methyl sites for hydroxylation is 1. The van der Waals surface area contributed by atoms with E-state index in [1.807, 2.05) is 30.0 Å². The maximum Gasteiger partial charge on any atom is 0.261 e. The number of benzene rings is 1. The predicted molar refractivity (Wildman–Crippen MR) is 107 cm³/mol. The van der Waals surface area contributed by atoms with Crippen molar-refractivity contribution >= 4 is 28.1 Å². The Morgan fingerprint density at radius 1 is 1.19 bits per heavy atom. The Labute approximate surface area is 161 Å². The molecular formula is C20H22N4O2S. The Bertz CT molecular complexity index is 1000. The first-order valence-corrected chi connectivity index (χ1v) is 9.96. The van der Waals surface area contributed by atoms with Gasteiger partial charge in [0.1, 0.15) is 6.54 Å². The monoisotopic (exact) mass is 382 g/mol. The Hall–Kier alpha value is -2.51. The molecule has 1 aliphatic rings. The highest BCUT2D eigenvalue weighted by Gasteiger charge is 2.22. The van der Waals surface area contributed by atoms with Crippen molar-refractivity contribution in [2.75, 3.05) is 26.2 Å². The molecule has 7 heteroatoms. The van der Waals surface area contributed by atoms with Crippen LogP contribution in [0.5, 0.6) is 0 Å². The van der Waals surface area contributed by atoms with E-state index in [2.05, 4.69) is 27.4 Å². The molecule has 4 rings (SSSR count). The van der Waals surface area contributed by atoms with Crippen LogP contribution in [0.2, 0.25) is 0 Å². The molecule has 1 saturated heterocycles. The van der Waals surface area contributed by atoms with Crippen LogP contribution < -0.4 is 5.56 Å². The van der Waals surface area contributed by atoms with E-state index in [9.17, 15) is 9.59 Å². The van der Waals surface area contributed by atoms with Crippen molar-refractivity contribution < 1.29 is 4.79 Å². The number of nitrogens with zero attached hydrogens (tertiary/aromatic N) is 4. The van der Waals surface area contributed by atoms with Gasteiger partial charge in [-0.3, -0.25) is 19.1 Å². The zero-order chi connectivity index (χ0) is 18.8. The van der Waals surface area contributed by atoms with Crippen LogP contribution in [-0.2, 0) is 17.9 Å². The summed E-state index contributed by atoms with van der Waals surface area (Å²) < 4.78 is 1.42. The third-order valence-electron chi connectivity index (χ3n) is 4.97. The van der Waals surface area contributed by atoms with Crippen LogP contribution in [-0.4, -0.2) is 51.4 Å². The molecular weight excluding hydrogens is 360 g/mol. The third-order valence-corrected chi connectivity index (χ3v) is 5.83. The number of rotatable bonds is 4. The average molecular weight is 382 g/mol. The van der Waals surface area contributed by atoms with Crippen molar-refractivity contribution in [2.24, 2.45) is 0 Å². The van der Waals surface area contributed by atoms with Gasteiger partial charge in [-0.25, -0.2) is 4.98 Å². The number of hydrogen-bond donors (Lipinski definition) is 0. The van der Waals surface area contributed by atoms with Crippen LogP contribution in [0.3, 0.4) is 0 Å². The van der Waals surface area contributed by atoms with Crippen molar-refractivity contribution in [3.8, 4) is 0 Å². The number of carbonyl (C=O) groups excluding carboxylic acids is 1. The molecule has 140 valence electrons. The van der Waals surface area contributed by atoms with E-state index in [4.69, 9.17) is 0 Å². The van der Waals surface area contributed by atoms with E-state index in [1.165, 1.54) is 15.8 Å². The number of fused-ring (bicyclic) bond motifs is 1. The summed E-state index contributed by atoms with van der Waals surface area (Å²) in [5.41, 5.74) is 1.51. The minimum Gasteiger partial charge on any atom is -0.339 e. The van der Waals surface area contributed by atoms with Crippen LogP contribution in [0.1, 0.15) is 10.4 Å². The summed E-state index contributed by atoms with van der Waals surface area (Å²) >= 11 is 1.76. The summed E-state index contributed by atoms with van der Waals surface area (Å²) in [6.07, 6.45) is 1.48. The number of thiophene rings is 1. The molecule has 0 atom stereocenters. The maximum absolute atomic E-state index is 12.7. The molecule has 0 spiro atoms. The quantitative estimate of drug-likeness (QED) is 0.694. The van der Waals surface area contributed by atoms with E-state index in [-0.39, 0.29) is 18.0 Å². The summed E-state index contributed by atoms with van der Waals surface area (Å²) in [6.45, 7) is 6.02. The fourth-order valence-electron chi connectivity index (χ4n) is 3.41. The molecule has 0 N–H and O–H groups in total. The Morgan fingerprint density at radius 3 is 2.74 bits per heavy atom. The van der Waals surface area contributed by atoms with Gasteiger partial charge in [-0.1, -0.05) is 17.7 Å². The Morgan fingerprint density at radius 2 is 2.00 bits per heavy atom. The summed E-state index contributed by atoms with van der Waals surface area (Å²) in [4.78, 5) is 35.2. The normalized spacial score (nSPS) is 15.4. The molecule has 1 aliphatic heterocycles. The van der Waals surface area contributed by atoms with Gasteiger partial charge >= 0.3 is 0 Å². The van der Waals surface area contributed by atoms with Crippen molar-refractivity contribution in [1.29, 1.82) is 0 Å². The summed E-state index contributed by atoms with van der Waals surface area (Å²) in [5.74, 6) is -0.0262. The zero-order valence-corrected chi connectivity index (χ0v) is 16.1. The second-order valence-electron chi connectivity index (χ2n) is 6.93. The summed E-state index contributed by atoms with van der Waals surface area (Å²) in [7, 11) is 0. The third kappa shape index (κ3) is 3.94. The molecule has 1 amide bonds. The number of carbonyl (C=O) groups is 1. The lowest BCUT2D eigenvalue weighted by Crippen LogP contribution is -2.49. The number of piperazine rings is 1. The summed E-state index contributed by atoms with van der Waals surface area (Å²) in [5, 5.41) is 2.65. The average Bonchev–Trinajstić information content (AvgIpc) is 3.18. The van der Waals surface area contributed by atoms with Crippen molar-refractivity contribution in [3.63, 3.8) is 0 Å². The minimum absolute atomic E-state index is 0.0262. The molecule has 2 aromatic heterocycles. The van der Waals surface area contributed by atoms with Crippen LogP contribution >= 0.6 is 11.3 Å². The predicted octanol–water partition coefficient (Wildman–Crippen LogP) is 2.11. The topological polar surface area (TPSA) is 58.4 Å².